The van der Waals surface area contributed by atoms with Crippen LogP contribution in [0.15, 0.2) is 212 Å². The van der Waals surface area contributed by atoms with Crippen LogP contribution in [0, 0.1) is 0 Å². The number of para-hydroxylation sites is 1. The highest BCUT2D eigenvalue weighted by atomic mass is 16.6. The van der Waals surface area contributed by atoms with Crippen molar-refractivity contribution in [2.45, 2.75) is 5.41 Å². The van der Waals surface area contributed by atoms with Crippen molar-refractivity contribution < 1.29 is 9.47 Å². The van der Waals surface area contributed by atoms with E-state index in [-0.39, 0.29) is 0 Å². The summed E-state index contributed by atoms with van der Waals surface area (Å²) in [6, 6.07) is 75.7. The summed E-state index contributed by atoms with van der Waals surface area (Å²) in [6.07, 6.45) is 0. The Morgan fingerprint density at radius 1 is 0.328 bits per heavy atom. The number of ether oxygens (including phenoxy) is 2. The second-order valence-electron chi connectivity index (χ2n) is 15.2. The number of hydrogen-bond donors (Lipinski definition) is 0. The fourth-order valence-electron chi connectivity index (χ4n) is 9.71. The zero-order chi connectivity index (χ0) is 38.2. The molecule has 9 aromatic rings. The van der Waals surface area contributed by atoms with Gasteiger partial charge in [-0.25, -0.2) is 0 Å². The number of fused-ring (bicyclic) bond motifs is 13. The number of hydrogen-bond acceptors (Lipinski definition) is 3. The maximum atomic E-state index is 7.14. The molecule has 0 bridgehead atoms. The average molecular weight is 742 g/mol. The highest BCUT2D eigenvalue weighted by molar-refractivity contribution is 5.98. The van der Waals surface area contributed by atoms with Crippen LogP contribution in [0.4, 0.5) is 17.1 Å². The minimum atomic E-state index is -0.466. The third kappa shape index (κ3) is 4.68. The second-order valence-corrected chi connectivity index (χ2v) is 15.2. The topological polar surface area (TPSA) is 21.7 Å². The molecule has 0 atom stereocenters. The molecular formula is C55H35NO2. The van der Waals surface area contributed by atoms with E-state index in [1.807, 2.05) is 6.07 Å². The van der Waals surface area contributed by atoms with Gasteiger partial charge in [0.05, 0.1) is 11.1 Å². The van der Waals surface area contributed by atoms with E-state index in [1.165, 1.54) is 44.5 Å². The Morgan fingerprint density at radius 3 is 1.53 bits per heavy atom. The first kappa shape index (κ1) is 32.6. The third-order valence-corrected chi connectivity index (χ3v) is 12.1. The maximum absolute atomic E-state index is 7.14. The molecule has 3 nitrogen and oxygen atoms in total. The van der Waals surface area contributed by atoms with Crippen LogP contribution in [0.3, 0.4) is 0 Å². The smallest absolute Gasteiger partial charge is 0.194 e. The van der Waals surface area contributed by atoms with Crippen LogP contribution >= 0.6 is 0 Å². The first-order valence-corrected chi connectivity index (χ1v) is 19.8. The molecule has 272 valence electrons. The van der Waals surface area contributed by atoms with Gasteiger partial charge in [-0.2, -0.15) is 0 Å². The van der Waals surface area contributed by atoms with Crippen LogP contribution in [-0.4, -0.2) is 0 Å². The fraction of sp³-hybridized carbons (Fsp3) is 0.0182. The van der Waals surface area contributed by atoms with Gasteiger partial charge in [-0.1, -0.05) is 170 Å². The summed E-state index contributed by atoms with van der Waals surface area (Å²) in [5.74, 6) is 2.79. The molecule has 1 spiro atoms. The molecular weight excluding hydrogens is 707 g/mol. The predicted molar refractivity (Wildman–Crippen MR) is 235 cm³/mol. The van der Waals surface area contributed by atoms with Gasteiger partial charge < -0.3 is 14.4 Å². The lowest BCUT2D eigenvalue weighted by Gasteiger charge is -2.32. The van der Waals surface area contributed by atoms with Gasteiger partial charge in [-0.3, -0.25) is 0 Å². The van der Waals surface area contributed by atoms with E-state index in [9.17, 15) is 0 Å². The summed E-state index contributed by atoms with van der Waals surface area (Å²) in [4.78, 5) is 2.28. The monoisotopic (exact) mass is 741 g/mol. The SMILES string of the molecule is c1ccc(-c2ccc(N(c3cccc(-c4ccccc4)c3)c3cccc4c3Oc3ccc5c(c3O4)-c3ccccc3C53c4ccccc4-c4ccccc43)cc2)cc1. The summed E-state index contributed by atoms with van der Waals surface area (Å²) >= 11 is 0. The third-order valence-electron chi connectivity index (χ3n) is 12.1. The molecule has 1 aliphatic heterocycles. The van der Waals surface area contributed by atoms with E-state index < -0.39 is 5.41 Å². The molecule has 0 saturated carbocycles. The predicted octanol–water partition coefficient (Wildman–Crippen LogP) is 14.7. The van der Waals surface area contributed by atoms with Gasteiger partial charge in [0.25, 0.3) is 0 Å². The quantitative estimate of drug-likeness (QED) is 0.175. The van der Waals surface area contributed by atoms with Crippen molar-refractivity contribution in [3.05, 3.63) is 235 Å². The Balaban J connectivity index is 1.02. The fourth-order valence-corrected chi connectivity index (χ4v) is 9.71. The van der Waals surface area contributed by atoms with Crippen molar-refractivity contribution >= 4 is 17.1 Å². The number of benzene rings is 9. The molecule has 0 aromatic heterocycles. The largest absolute Gasteiger partial charge is 0.449 e. The highest BCUT2D eigenvalue weighted by Crippen LogP contribution is 2.66. The Bertz CT molecular complexity index is 3020. The Labute approximate surface area is 337 Å². The molecule has 0 saturated heterocycles. The van der Waals surface area contributed by atoms with Gasteiger partial charge in [0.1, 0.15) is 0 Å². The summed E-state index contributed by atoms with van der Waals surface area (Å²) in [5, 5.41) is 0. The van der Waals surface area contributed by atoms with Crippen LogP contribution < -0.4 is 14.4 Å². The van der Waals surface area contributed by atoms with Crippen LogP contribution in [0.25, 0.3) is 44.5 Å². The molecule has 0 unspecified atom stereocenters. The maximum Gasteiger partial charge on any atom is 0.194 e. The van der Waals surface area contributed by atoms with Gasteiger partial charge in [0.15, 0.2) is 23.0 Å². The lowest BCUT2D eigenvalue weighted by Crippen LogP contribution is -2.25. The normalized spacial score (nSPS) is 13.2. The highest BCUT2D eigenvalue weighted by Gasteiger charge is 2.53. The Morgan fingerprint density at radius 2 is 0.845 bits per heavy atom. The van der Waals surface area contributed by atoms with Gasteiger partial charge in [-0.15, -0.1) is 0 Å². The minimum Gasteiger partial charge on any atom is -0.449 e. The molecule has 0 N–H and O–H groups in total. The molecule has 1 heterocycles. The van der Waals surface area contributed by atoms with Gasteiger partial charge in [0.2, 0.25) is 0 Å². The van der Waals surface area contributed by atoms with Crippen LogP contribution in [-0.2, 0) is 5.41 Å². The Hall–Kier alpha value is -7.62. The van der Waals surface area contributed by atoms with Crippen molar-refractivity contribution in [2.75, 3.05) is 4.90 Å². The van der Waals surface area contributed by atoms with Crippen molar-refractivity contribution in [1.29, 1.82) is 0 Å². The van der Waals surface area contributed by atoms with Gasteiger partial charge >= 0.3 is 0 Å². The van der Waals surface area contributed by atoms with Gasteiger partial charge in [-0.05, 0) is 104 Å². The molecule has 58 heavy (non-hydrogen) atoms. The average Bonchev–Trinajstić information content (AvgIpc) is 3.77. The van der Waals surface area contributed by atoms with E-state index in [0.29, 0.717) is 17.2 Å². The number of rotatable bonds is 5. The minimum absolute atomic E-state index is 0.466. The van der Waals surface area contributed by atoms with E-state index in [0.717, 1.165) is 45.1 Å². The molecule has 0 fully saturated rings. The van der Waals surface area contributed by atoms with E-state index in [4.69, 9.17) is 9.47 Å². The van der Waals surface area contributed by atoms with Crippen molar-refractivity contribution in [3.8, 4) is 67.5 Å². The lowest BCUT2D eigenvalue weighted by atomic mass is 9.70. The van der Waals surface area contributed by atoms with Crippen LogP contribution in [0.2, 0.25) is 0 Å². The first-order chi connectivity index (χ1) is 28.8. The molecule has 2 aliphatic carbocycles. The number of anilines is 3. The zero-order valence-electron chi connectivity index (χ0n) is 31.5. The standard InChI is InChI=1S/C55H35NO2/c1-3-15-36(16-4-1)38-29-31-40(32-30-38)56(41-20-13-19-39(35-41)37-17-5-2-6-18-37)49-27-14-28-50-53(49)57-51-34-33-48-52(54(51)58-50)44-23-9-12-26-47(44)55(48)45-24-10-7-21-42(45)43-22-8-11-25-46(43)55/h1-35H. The van der Waals surface area contributed by atoms with Crippen molar-refractivity contribution in [3.63, 3.8) is 0 Å². The lowest BCUT2D eigenvalue weighted by molar-refractivity contribution is 0.361. The summed E-state index contributed by atoms with van der Waals surface area (Å²) in [7, 11) is 0. The van der Waals surface area contributed by atoms with E-state index in [1.54, 1.807) is 0 Å². The summed E-state index contributed by atoms with van der Waals surface area (Å²) in [5.41, 5.74) is 17.0. The summed E-state index contributed by atoms with van der Waals surface area (Å²) in [6.45, 7) is 0. The van der Waals surface area contributed by atoms with E-state index >= 15 is 0 Å². The first-order valence-electron chi connectivity index (χ1n) is 19.8. The zero-order valence-corrected chi connectivity index (χ0v) is 31.5. The second kappa shape index (κ2) is 12.7. The summed E-state index contributed by atoms with van der Waals surface area (Å²) < 4.78 is 14.2. The molecule has 9 aromatic carbocycles. The molecule has 3 heteroatoms. The van der Waals surface area contributed by atoms with Crippen LogP contribution in [0.1, 0.15) is 22.3 Å². The Kier molecular flexibility index (Phi) is 7.14. The van der Waals surface area contributed by atoms with Crippen molar-refractivity contribution in [2.24, 2.45) is 0 Å². The van der Waals surface area contributed by atoms with E-state index in [2.05, 4.69) is 211 Å². The van der Waals surface area contributed by atoms with Crippen LogP contribution in [0.5, 0.6) is 23.0 Å². The molecule has 0 radical (unpaired) electrons. The number of nitrogens with zero attached hydrogens (tertiary/aromatic N) is 1. The molecule has 0 amide bonds. The molecule has 12 rings (SSSR count). The van der Waals surface area contributed by atoms with Gasteiger partial charge in [0, 0.05) is 16.9 Å². The molecule has 3 aliphatic rings. The van der Waals surface area contributed by atoms with Crippen molar-refractivity contribution in [1.82, 2.24) is 0 Å².